The van der Waals surface area contributed by atoms with Crippen molar-refractivity contribution in [3.8, 4) is 0 Å². The number of aliphatic carboxylic acids is 1. The van der Waals surface area contributed by atoms with E-state index in [1.54, 1.807) is 6.26 Å². The first-order valence-electron chi connectivity index (χ1n) is 9.75. The molecule has 1 aromatic rings. The second-order valence-corrected chi connectivity index (χ2v) is 8.02. The molecule has 32 heavy (non-hydrogen) atoms. The molecule has 3 amide bonds. The molecule has 5 atom stereocenters. The Bertz CT molecular complexity index is 761. The van der Waals surface area contributed by atoms with Crippen LogP contribution in [0.25, 0.3) is 0 Å². The fraction of sp³-hybridized carbons (Fsp3) is 0.611. The van der Waals surface area contributed by atoms with Crippen molar-refractivity contribution in [3.63, 3.8) is 0 Å². The van der Waals surface area contributed by atoms with Gasteiger partial charge in [-0.3, -0.25) is 14.4 Å². The largest absolute Gasteiger partial charge is 0.480 e. The molecule has 1 aromatic heterocycles. The minimum absolute atomic E-state index is 0.108. The lowest BCUT2D eigenvalue weighted by Gasteiger charge is -2.25. The predicted molar refractivity (Wildman–Crippen MR) is 115 cm³/mol. The summed E-state index contributed by atoms with van der Waals surface area (Å²) in [4.78, 5) is 55.2. The van der Waals surface area contributed by atoms with Crippen molar-refractivity contribution in [2.45, 2.75) is 50.0 Å². The molecule has 1 heterocycles. The Balaban J connectivity index is 2.75. The molecular formula is C18H30N6O7S. The molecule has 0 aliphatic heterocycles. The van der Waals surface area contributed by atoms with Gasteiger partial charge in [0.1, 0.15) is 18.1 Å². The lowest BCUT2D eigenvalue weighted by Crippen LogP contribution is -2.60. The van der Waals surface area contributed by atoms with Gasteiger partial charge < -0.3 is 42.0 Å². The van der Waals surface area contributed by atoms with Crippen molar-refractivity contribution in [3.05, 3.63) is 18.2 Å². The molecule has 0 radical (unpaired) electrons. The molecule has 0 aromatic carbocycles. The molecule has 13 nitrogen and oxygen atoms in total. The van der Waals surface area contributed by atoms with E-state index in [0.717, 1.165) is 0 Å². The summed E-state index contributed by atoms with van der Waals surface area (Å²) in [6.45, 7) is 0.434. The number of aliphatic hydroxyl groups is 2. The van der Waals surface area contributed by atoms with Crippen LogP contribution >= 0.6 is 11.8 Å². The smallest absolute Gasteiger partial charge is 0.326 e. The number of nitrogens with one attached hydrogen (secondary N) is 4. The number of thioether (sulfide) groups is 1. The highest BCUT2D eigenvalue weighted by Crippen LogP contribution is 2.04. The first kappa shape index (κ1) is 27.4. The second-order valence-electron chi connectivity index (χ2n) is 7.04. The van der Waals surface area contributed by atoms with E-state index >= 15 is 0 Å². The van der Waals surface area contributed by atoms with Crippen LogP contribution in [0.2, 0.25) is 0 Å². The molecule has 0 saturated heterocycles. The number of aliphatic hydroxyl groups excluding tert-OH is 2. The Morgan fingerprint density at radius 2 is 1.81 bits per heavy atom. The molecule has 5 unspecified atom stereocenters. The van der Waals surface area contributed by atoms with Crippen LogP contribution in [-0.4, -0.2) is 97.9 Å². The highest BCUT2D eigenvalue weighted by Gasteiger charge is 2.32. The van der Waals surface area contributed by atoms with Gasteiger partial charge in [0.2, 0.25) is 17.7 Å². The molecule has 0 bridgehead atoms. The van der Waals surface area contributed by atoms with Gasteiger partial charge in [-0.15, -0.1) is 0 Å². The SMILES string of the molecule is CSCCC(NC(=O)C(NC(=O)C(CO)NC(=O)C(N)Cc1cnc[nH]1)C(C)O)C(=O)O. The van der Waals surface area contributed by atoms with Gasteiger partial charge >= 0.3 is 5.97 Å². The number of rotatable bonds is 14. The van der Waals surface area contributed by atoms with Crippen LogP contribution < -0.4 is 21.7 Å². The highest BCUT2D eigenvalue weighted by molar-refractivity contribution is 7.98. The molecule has 0 aliphatic carbocycles. The average Bonchev–Trinajstić information content (AvgIpc) is 3.25. The number of carbonyl (C=O) groups is 4. The number of carbonyl (C=O) groups excluding carboxylic acids is 3. The highest BCUT2D eigenvalue weighted by atomic mass is 32.2. The summed E-state index contributed by atoms with van der Waals surface area (Å²) >= 11 is 1.40. The Kier molecular flexibility index (Phi) is 11.7. The first-order valence-corrected chi connectivity index (χ1v) is 11.1. The summed E-state index contributed by atoms with van der Waals surface area (Å²) in [6, 6.07) is -5.21. The molecule has 0 aliphatic rings. The Morgan fingerprint density at radius 1 is 1.16 bits per heavy atom. The minimum atomic E-state index is -1.51. The number of carboxylic acids is 1. The summed E-state index contributed by atoms with van der Waals surface area (Å²) in [5, 5.41) is 35.5. The van der Waals surface area contributed by atoms with Gasteiger partial charge in [-0.25, -0.2) is 9.78 Å². The number of nitrogens with two attached hydrogens (primary N) is 1. The third-order valence-electron chi connectivity index (χ3n) is 4.43. The molecule has 0 saturated carbocycles. The number of nitrogens with zero attached hydrogens (tertiary/aromatic N) is 1. The van der Waals surface area contributed by atoms with Crippen molar-refractivity contribution in [2.24, 2.45) is 5.73 Å². The average molecular weight is 475 g/mol. The number of aromatic amines is 1. The molecular weight excluding hydrogens is 444 g/mol. The number of imidazole rings is 1. The molecule has 0 fully saturated rings. The van der Waals surface area contributed by atoms with E-state index in [-0.39, 0.29) is 12.8 Å². The van der Waals surface area contributed by atoms with Crippen LogP contribution in [0.15, 0.2) is 12.5 Å². The Labute approximate surface area is 188 Å². The van der Waals surface area contributed by atoms with Crippen molar-refractivity contribution >= 4 is 35.5 Å². The van der Waals surface area contributed by atoms with E-state index in [0.29, 0.717) is 11.4 Å². The number of hydrogen-bond acceptors (Lipinski definition) is 9. The number of carboxylic acid groups (broad SMARTS) is 1. The molecule has 1 rings (SSSR count). The number of H-pyrrole nitrogens is 1. The van der Waals surface area contributed by atoms with Crippen molar-refractivity contribution in [1.29, 1.82) is 0 Å². The van der Waals surface area contributed by atoms with Gasteiger partial charge in [-0.1, -0.05) is 0 Å². The van der Waals surface area contributed by atoms with Gasteiger partial charge in [-0.05, 0) is 25.4 Å². The minimum Gasteiger partial charge on any atom is -0.480 e. The van der Waals surface area contributed by atoms with Crippen LogP contribution in [0.5, 0.6) is 0 Å². The maximum absolute atomic E-state index is 12.5. The van der Waals surface area contributed by atoms with Crippen LogP contribution in [-0.2, 0) is 25.6 Å². The fourth-order valence-electron chi connectivity index (χ4n) is 2.61. The Hall–Kier alpha value is -2.68. The molecule has 0 spiro atoms. The van der Waals surface area contributed by atoms with E-state index < -0.39 is 60.6 Å². The van der Waals surface area contributed by atoms with Crippen LogP contribution in [0.4, 0.5) is 0 Å². The third-order valence-corrected chi connectivity index (χ3v) is 5.08. The topological polar surface area (TPSA) is 220 Å². The van der Waals surface area contributed by atoms with Gasteiger partial charge in [0.15, 0.2) is 0 Å². The lowest BCUT2D eigenvalue weighted by molar-refractivity contribution is -0.143. The van der Waals surface area contributed by atoms with Gasteiger partial charge in [-0.2, -0.15) is 11.8 Å². The van der Waals surface area contributed by atoms with Gasteiger partial charge in [0.25, 0.3) is 0 Å². The number of amides is 3. The first-order chi connectivity index (χ1) is 15.1. The summed E-state index contributed by atoms with van der Waals surface area (Å²) in [6.07, 6.45) is 3.55. The van der Waals surface area contributed by atoms with Gasteiger partial charge in [0, 0.05) is 18.3 Å². The van der Waals surface area contributed by atoms with E-state index in [2.05, 4.69) is 25.9 Å². The summed E-state index contributed by atoms with van der Waals surface area (Å²) < 4.78 is 0. The van der Waals surface area contributed by atoms with Crippen molar-refractivity contribution < 1.29 is 34.5 Å². The summed E-state index contributed by atoms with van der Waals surface area (Å²) in [5.74, 6) is -3.38. The zero-order valence-electron chi connectivity index (χ0n) is 17.8. The van der Waals surface area contributed by atoms with E-state index in [9.17, 15) is 34.5 Å². The maximum atomic E-state index is 12.5. The second kappa shape index (κ2) is 13.7. The quantitative estimate of drug-likeness (QED) is 0.136. The van der Waals surface area contributed by atoms with Crippen molar-refractivity contribution in [2.75, 3.05) is 18.6 Å². The van der Waals surface area contributed by atoms with E-state index in [1.165, 1.54) is 31.2 Å². The molecule has 14 heteroatoms. The van der Waals surface area contributed by atoms with Crippen LogP contribution in [0.3, 0.4) is 0 Å². The molecule has 9 N–H and O–H groups in total. The normalized spacial score (nSPS) is 15.7. The monoisotopic (exact) mass is 474 g/mol. The maximum Gasteiger partial charge on any atom is 0.326 e. The Morgan fingerprint density at radius 3 is 2.31 bits per heavy atom. The van der Waals surface area contributed by atoms with E-state index in [4.69, 9.17) is 5.73 Å². The van der Waals surface area contributed by atoms with Gasteiger partial charge in [0.05, 0.1) is 25.1 Å². The summed E-state index contributed by atoms with van der Waals surface area (Å²) in [7, 11) is 0. The third kappa shape index (κ3) is 8.82. The molecule has 180 valence electrons. The fourth-order valence-corrected chi connectivity index (χ4v) is 3.08. The zero-order chi connectivity index (χ0) is 24.3. The number of aromatic nitrogens is 2. The van der Waals surface area contributed by atoms with Crippen molar-refractivity contribution in [1.82, 2.24) is 25.9 Å². The van der Waals surface area contributed by atoms with Crippen LogP contribution in [0, 0.1) is 0 Å². The zero-order valence-corrected chi connectivity index (χ0v) is 18.6. The summed E-state index contributed by atoms with van der Waals surface area (Å²) in [5.41, 5.74) is 6.39. The van der Waals surface area contributed by atoms with E-state index in [1.807, 2.05) is 0 Å². The lowest BCUT2D eigenvalue weighted by atomic mass is 10.1. The predicted octanol–water partition coefficient (Wildman–Crippen LogP) is -3.06. The number of hydrogen-bond donors (Lipinski definition) is 8. The standard InChI is InChI=1S/C18H30N6O7S/c1-9(26)14(17(29)22-12(18(30)31)3-4-32-2)24-16(28)13(7-25)23-15(27)11(19)5-10-6-20-8-21-10/h6,8-9,11-14,25-26H,3-5,7,19H2,1-2H3,(H,20,21)(H,22,29)(H,23,27)(H,24,28)(H,30,31). The van der Waals surface area contributed by atoms with Crippen LogP contribution in [0.1, 0.15) is 19.0 Å².